The summed E-state index contributed by atoms with van der Waals surface area (Å²) in [5.74, 6) is -1.45. The molecular formula is C4H3BrF4. The van der Waals surface area contributed by atoms with E-state index < -0.39 is 23.4 Å². The van der Waals surface area contributed by atoms with Gasteiger partial charge in [0.05, 0.1) is 6.42 Å². The Balaban J connectivity index is 3.77. The molecule has 0 aromatic heterocycles. The Morgan fingerprint density at radius 3 is 1.89 bits per heavy atom. The summed E-state index contributed by atoms with van der Waals surface area (Å²) in [6.07, 6.45) is -4.01. The quantitative estimate of drug-likeness (QED) is 0.610. The Bertz CT molecular complexity index is 116. The first-order valence-corrected chi connectivity index (χ1v) is 2.81. The number of alkyl halides is 2. The zero-order valence-electron chi connectivity index (χ0n) is 4.17. The minimum atomic E-state index is -2.84. The van der Waals surface area contributed by atoms with E-state index in [0.717, 1.165) is 0 Å². The van der Waals surface area contributed by atoms with E-state index >= 15 is 0 Å². The molecule has 0 radical (unpaired) electrons. The number of halogens is 5. The van der Waals surface area contributed by atoms with Gasteiger partial charge in [-0.25, -0.2) is 13.2 Å². The highest BCUT2D eigenvalue weighted by atomic mass is 79.9. The van der Waals surface area contributed by atoms with Crippen molar-refractivity contribution < 1.29 is 17.6 Å². The highest BCUT2D eigenvalue weighted by Crippen LogP contribution is 2.20. The van der Waals surface area contributed by atoms with Crippen molar-refractivity contribution in [1.82, 2.24) is 0 Å². The molecule has 0 bridgehead atoms. The predicted octanol–water partition coefficient (Wildman–Crippen LogP) is 3.14. The van der Waals surface area contributed by atoms with Gasteiger partial charge in [0.25, 0.3) is 0 Å². The molecule has 0 saturated heterocycles. The van der Waals surface area contributed by atoms with Gasteiger partial charge in [0.2, 0.25) is 6.43 Å². The Hall–Kier alpha value is -0.0600. The first kappa shape index (κ1) is 8.94. The van der Waals surface area contributed by atoms with Crippen molar-refractivity contribution in [1.29, 1.82) is 0 Å². The second-order valence-electron chi connectivity index (χ2n) is 1.26. The Morgan fingerprint density at radius 2 is 1.78 bits per heavy atom. The molecule has 0 saturated carbocycles. The summed E-state index contributed by atoms with van der Waals surface area (Å²) in [5.41, 5.74) is 0. The molecule has 0 aliphatic carbocycles. The molecule has 0 fully saturated rings. The molecule has 0 unspecified atom stereocenters. The Kier molecular flexibility index (Phi) is 3.84. The molecule has 5 heteroatoms. The van der Waals surface area contributed by atoms with Gasteiger partial charge in [-0.15, -0.1) is 0 Å². The number of allylic oxidation sites excluding steroid dienone is 1. The van der Waals surface area contributed by atoms with Crippen LogP contribution in [0.4, 0.5) is 17.6 Å². The zero-order valence-corrected chi connectivity index (χ0v) is 5.76. The lowest BCUT2D eigenvalue weighted by Crippen LogP contribution is -1.89. The molecule has 54 valence electrons. The highest BCUT2D eigenvalue weighted by molar-refractivity contribution is 9.11. The highest BCUT2D eigenvalue weighted by Gasteiger charge is 2.09. The van der Waals surface area contributed by atoms with Crippen molar-refractivity contribution >= 4 is 15.9 Å². The fourth-order valence-corrected chi connectivity index (χ4v) is 0.374. The van der Waals surface area contributed by atoms with E-state index in [0.29, 0.717) is 0 Å². The molecule has 0 amide bonds. The van der Waals surface area contributed by atoms with E-state index in [2.05, 4.69) is 15.9 Å². The summed E-state index contributed by atoms with van der Waals surface area (Å²) in [5, 5.41) is 0. The third-order valence-electron chi connectivity index (χ3n) is 0.539. The molecule has 0 rings (SSSR count). The molecule has 0 nitrogen and oxygen atoms in total. The van der Waals surface area contributed by atoms with Crippen LogP contribution in [0.1, 0.15) is 6.42 Å². The van der Waals surface area contributed by atoms with E-state index in [1.165, 1.54) is 0 Å². The lowest BCUT2D eigenvalue weighted by molar-refractivity contribution is 0.140. The molecular weight excluding hydrogens is 204 g/mol. The zero-order chi connectivity index (χ0) is 7.44. The van der Waals surface area contributed by atoms with E-state index in [-0.39, 0.29) is 0 Å². The molecule has 0 aromatic rings. The van der Waals surface area contributed by atoms with Gasteiger partial charge in [-0.3, -0.25) is 0 Å². The van der Waals surface area contributed by atoms with Crippen LogP contribution in [0.2, 0.25) is 0 Å². The van der Waals surface area contributed by atoms with Crippen LogP contribution in [0, 0.1) is 0 Å². The molecule has 0 aliphatic heterocycles. The predicted molar refractivity (Wildman–Crippen MR) is 28.8 cm³/mol. The van der Waals surface area contributed by atoms with Crippen molar-refractivity contribution in [3.63, 3.8) is 0 Å². The van der Waals surface area contributed by atoms with Crippen molar-refractivity contribution in [2.75, 3.05) is 0 Å². The summed E-state index contributed by atoms with van der Waals surface area (Å²) < 4.78 is 44.3. The van der Waals surface area contributed by atoms with Gasteiger partial charge >= 0.3 is 0 Å². The maximum absolute atomic E-state index is 11.8. The van der Waals surface area contributed by atoms with Crippen LogP contribution in [0.15, 0.2) is 10.6 Å². The largest absolute Gasteiger partial charge is 0.245 e. The van der Waals surface area contributed by atoms with Crippen molar-refractivity contribution in [2.24, 2.45) is 0 Å². The van der Waals surface area contributed by atoms with Crippen molar-refractivity contribution in [3.05, 3.63) is 10.6 Å². The van der Waals surface area contributed by atoms with Gasteiger partial charge in [-0.1, -0.05) is 0 Å². The van der Waals surface area contributed by atoms with E-state index in [9.17, 15) is 17.6 Å². The van der Waals surface area contributed by atoms with Crippen LogP contribution in [0.25, 0.3) is 0 Å². The molecule has 0 aromatic carbocycles. The summed E-state index contributed by atoms with van der Waals surface area (Å²) in [6, 6.07) is 0. The Morgan fingerprint density at radius 1 is 1.33 bits per heavy atom. The van der Waals surface area contributed by atoms with E-state index in [1.54, 1.807) is 0 Å². The fourth-order valence-electron chi connectivity index (χ4n) is 0.213. The summed E-state index contributed by atoms with van der Waals surface area (Å²) in [7, 11) is 0. The molecule has 0 heterocycles. The average molecular weight is 207 g/mol. The normalized spacial score (nSPS) is 14.0. The SMILES string of the molecule is FC(Br)=C(F)CC(F)F. The van der Waals surface area contributed by atoms with Crippen LogP contribution in [-0.2, 0) is 0 Å². The van der Waals surface area contributed by atoms with Gasteiger partial charge < -0.3 is 0 Å². The maximum atomic E-state index is 11.8. The maximum Gasteiger partial charge on any atom is 0.245 e. The van der Waals surface area contributed by atoms with E-state index in [4.69, 9.17) is 0 Å². The minimum absolute atomic E-state index is 1.17. The van der Waals surface area contributed by atoms with Gasteiger partial charge in [0.1, 0.15) is 5.83 Å². The molecule has 0 N–H and O–H groups in total. The van der Waals surface area contributed by atoms with Gasteiger partial charge in [-0.2, -0.15) is 4.39 Å². The summed E-state index contributed by atoms with van der Waals surface area (Å²) in [4.78, 5) is 0. The van der Waals surface area contributed by atoms with Crippen LogP contribution in [0.3, 0.4) is 0 Å². The standard InChI is InChI=1S/C4H3BrF4/c5-4(9)2(6)1-3(7)8/h3H,1H2. The summed E-state index contributed by atoms with van der Waals surface area (Å²) in [6.45, 7) is 0. The Labute approximate surface area is 57.7 Å². The first-order valence-electron chi connectivity index (χ1n) is 2.02. The molecule has 0 atom stereocenters. The monoisotopic (exact) mass is 206 g/mol. The molecule has 9 heavy (non-hydrogen) atoms. The van der Waals surface area contributed by atoms with Crippen LogP contribution >= 0.6 is 15.9 Å². The number of rotatable bonds is 2. The van der Waals surface area contributed by atoms with Gasteiger partial charge in [-0.05, 0) is 15.9 Å². The van der Waals surface area contributed by atoms with Crippen LogP contribution in [0.5, 0.6) is 0 Å². The van der Waals surface area contributed by atoms with Gasteiger partial charge in [0, 0.05) is 0 Å². The second kappa shape index (κ2) is 3.87. The van der Waals surface area contributed by atoms with Gasteiger partial charge in [0.15, 0.2) is 4.74 Å². The third kappa shape index (κ3) is 4.44. The minimum Gasteiger partial charge on any atom is -0.210 e. The molecule has 0 spiro atoms. The van der Waals surface area contributed by atoms with Crippen LogP contribution < -0.4 is 0 Å². The smallest absolute Gasteiger partial charge is 0.210 e. The topological polar surface area (TPSA) is 0 Å². The van der Waals surface area contributed by atoms with Crippen molar-refractivity contribution in [2.45, 2.75) is 12.8 Å². The van der Waals surface area contributed by atoms with E-state index in [1.807, 2.05) is 0 Å². The third-order valence-corrected chi connectivity index (χ3v) is 0.969. The number of hydrogen-bond acceptors (Lipinski definition) is 0. The molecule has 0 aliphatic rings. The lowest BCUT2D eigenvalue weighted by Gasteiger charge is -1.93. The lowest BCUT2D eigenvalue weighted by atomic mass is 10.4. The average Bonchev–Trinajstić information content (AvgIpc) is 1.63. The summed E-state index contributed by atoms with van der Waals surface area (Å²) >= 11 is 2.07. The second-order valence-corrected chi connectivity index (χ2v) is 1.96. The number of hydrogen-bond donors (Lipinski definition) is 0. The first-order chi connectivity index (χ1) is 4.04. The fraction of sp³-hybridized carbons (Fsp3) is 0.500. The van der Waals surface area contributed by atoms with Crippen molar-refractivity contribution in [3.8, 4) is 0 Å². The van der Waals surface area contributed by atoms with Crippen LogP contribution in [-0.4, -0.2) is 6.43 Å².